The zero-order chi connectivity index (χ0) is 12.3. The second kappa shape index (κ2) is 5.10. The number of carbonyl (C=O) groups excluding carboxylic acids is 1. The van der Waals surface area contributed by atoms with Gasteiger partial charge in [0.05, 0.1) is 5.56 Å². The Bertz CT molecular complexity index is 520. The molecular formula is C13H11BrN2O. The highest BCUT2D eigenvalue weighted by Gasteiger charge is 2.05. The molecule has 0 saturated carbocycles. The molecule has 0 saturated heterocycles. The molecule has 0 aliphatic rings. The van der Waals surface area contributed by atoms with Gasteiger partial charge in [0.25, 0.3) is 5.91 Å². The Balaban J connectivity index is 2.11. The number of nitrogens with one attached hydrogen (secondary N) is 1. The van der Waals surface area contributed by atoms with Crippen molar-refractivity contribution >= 4 is 27.5 Å². The molecule has 1 amide bonds. The lowest BCUT2D eigenvalue weighted by Crippen LogP contribution is -2.12. The van der Waals surface area contributed by atoms with E-state index in [1.54, 1.807) is 12.3 Å². The summed E-state index contributed by atoms with van der Waals surface area (Å²) in [5, 5.41) is 2.81. The highest BCUT2D eigenvalue weighted by Crippen LogP contribution is 2.14. The van der Waals surface area contributed by atoms with E-state index < -0.39 is 0 Å². The Labute approximate surface area is 108 Å². The van der Waals surface area contributed by atoms with Crippen molar-refractivity contribution in [2.75, 3.05) is 5.32 Å². The molecule has 0 radical (unpaired) electrons. The fraction of sp³-hybridized carbons (Fsp3) is 0.0769. The Kier molecular flexibility index (Phi) is 3.54. The van der Waals surface area contributed by atoms with Gasteiger partial charge in [0.15, 0.2) is 0 Å². The van der Waals surface area contributed by atoms with E-state index in [9.17, 15) is 4.79 Å². The Morgan fingerprint density at radius 2 is 1.88 bits per heavy atom. The third-order valence-corrected chi connectivity index (χ3v) is 2.80. The summed E-state index contributed by atoms with van der Waals surface area (Å²) in [6.07, 6.45) is 1.57. The Morgan fingerprint density at radius 1 is 1.18 bits per heavy atom. The molecule has 0 fully saturated rings. The molecule has 0 aliphatic heterocycles. The normalized spacial score (nSPS) is 10.0. The van der Waals surface area contributed by atoms with Gasteiger partial charge in [-0.2, -0.15) is 0 Å². The summed E-state index contributed by atoms with van der Waals surface area (Å²) in [4.78, 5) is 15.9. The molecule has 86 valence electrons. The molecule has 4 heteroatoms. The summed E-state index contributed by atoms with van der Waals surface area (Å²) >= 11 is 3.34. The molecule has 0 bridgehead atoms. The summed E-state index contributed by atoms with van der Waals surface area (Å²) in [5.41, 5.74) is 2.21. The van der Waals surface area contributed by atoms with Gasteiger partial charge in [0.2, 0.25) is 0 Å². The second-order valence-electron chi connectivity index (χ2n) is 3.65. The lowest BCUT2D eigenvalue weighted by molar-refractivity contribution is 0.102. The summed E-state index contributed by atoms with van der Waals surface area (Å²) in [6.45, 7) is 1.89. The van der Waals surface area contributed by atoms with E-state index in [-0.39, 0.29) is 5.91 Å². The zero-order valence-electron chi connectivity index (χ0n) is 9.27. The number of halogens is 1. The van der Waals surface area contributed by atoms with Crippen LogP contribution in [-0.4, -0.2) is 10.9 Å². The Morgan fingerprint density at radius 3 is 2.47 bits per heavy atom. The van der Waals surface area contributed by atoms with Crippen molar-refractivity contribution in [1.29, 1.82) is 0 Å². The zero-order valence-corrected chi connectivity index (χ0v) is 10.9. The lowest BCUT2D eigenvalue weighted by atomic mass is 10.2. The number of hydrogen-bond donors (Lipinski definition) is 1. The van der Waals surface area contributed by atoms with Crippen molar-refractivity contribution < 1.29 is 4.79 Å². The third-order valence-electron chi connectivity index (χ3n) is 2.28. The molecule has 17 heavy (non-hydrogen) atoms. The predicted octanol–water partition coefficient (Wildman–Crippen LogP) is 3.40. The number of carbonyl (C=O) groups is 1. The number of hydrogen-bond acceptors (Lipinski definition) is 2. The molecule has 1 aromatic carbocycles. The number of anilines is 1. The van der Waals surface area contributed by atoms with Crippen LogP contribution in [0.5, 0.6) is 0 Å². The third kappa shape index (κ3) is 3.14. The number of nitrogens with zero attached hydrogens (tertiary/aromatic N) is 1. The van der Waals surface area contributed by atoms with Crippen LogP contribution in [0.4, 0.5) is 5.69 Å². The van der Waals surface area contributed by atoms with Crippen molar-refractivity contribution in [2.24, 2.45) is 0 Å². The van der Waals surface area contributed by atoms with Crippen LogP contribution in [0.15, 0.2) is 47.1 Å². The van der Waals surface area contributed by atoms with Crippen LogP contribution in [-0.2, 0) is 0 Å². The summed E-state index contributed by atoms with van der Waals surface area (Å²) in [5.74, 6) is -0.153. The SMILES string of the molecule is Cc1ccc(C(=O)Nc2ccc(Br)cc2)cn1. The van der Waals surface area contributed by atoms with E-state index in [1.807, 2.05) is 37.3 Å². The molecule has 1 N–H and O–H groups in total. The van der Waals surface area contributed by atoms with Gasteiger partial charge in [-0.3, -0.25) is 9.78 Å². The van der Waals surface area contributed by atoms with Crippen molar-refractivity contribution in [3.05, 3.63) is 58.3 Å². The van der Waals surface area contributed by atoms with E-state index in [2.05, 4.69) is 26.2 Å². The highest BCUT2D eigenvalue weighted by atomic mass is 79.9. The van der Waals surface area contributed by atoms with Crippen LogP contribution in [0.25, 0.3) is 0 Å². The average molecular weight is 291 g/mol. The van der Waals surface area contributed by atoms with E-state index in [0.29, 0.717) is 5.56 Å². The first-order chi connectivity index (χ1) is 8.15. The molecular weight excluding hydrogens is 280 g/mol. The molecule has 2 aromatic rings. The molecule has 0 aliphatic carbocycles. The van der Waals surface area contributed by atoms with Crippen molar-refractivity contribution in [1.82, 2.24) is 4.98 Å². The predicted molar refractivity (Wildman–Crippen MR) is 71.1 cm³/mol. The van der Waals surface area contributed by atoms with Gasteiger partial charge in [-0.05, 0) is 43.3 Å². The number of rotatable bonds is 2. The largest absolute Gasteiger partial charge is 0.322 e. The van der Waals surface area contributed by atoms with Crippen LogP contribution in [0.3, 0.4) is 0 Å². The van der Waals surface area contributed by atoms with Crippen LogP contribution >= 0.6 is 15.9 Å². The fourth-order valence-electron chi connectivity index (χ4n) is 1.34. The average Bonchev–Trinajstić information content (AvgIpc) is 2.33. The van der Waals surface area contributed by atoms with Crippen LogP contribution < -0.4 is 5.32 Å². The van der Waals surface area contributed by atoms with Crippen LogP contribution in [0.2, 0.25) is 0 Å². The molecule has 3 nitrogen and oxygen atoms in total. The summed E-state index contributed by atoms with van der Waals surface area (Å²) in [6, 6.07) is 11.0. The maximum Gasteiger partial charge on any atom is 0.257 e. The van der Waals surface area contributed by atoms with Crippen molar-refractivity contribution in [3.63, 3.8) is 0 Å². The maximum absolute atomic E-state index is 11.8. The van der Waals surface area contributed by atoms with Crippen LogP contribution in [0.1, 0.15) is 16.1 Å². The number of pyridine rings is 1. The molecule has 1 heterocycles. The number of aryl methyl sites for hydroxylation is 1. The van der Waals surface area contributed by atoms with Gasteiger partial charge < -0.3 is 5.32 Å². The minimum Gasteiger partial charge on any atom is -0.322 e. The van der Waals surface area contributed by atoms with Gasteiger partial charge in [-0.1, -0.05) is 15.9 Å². The Hall–Kier alpha value is -1.68. The standard InChI is InChI=1S/C13H11BrN2O/c1-9-2-3-10(8-15-9)13(17)16-12-6-4-11(14)5-7-12/h2-8H,1H3,(H,16,17). The van der Waals surface area contributed by atoms with Crippen molar-refractivity contribution in [2.45, 2.75) is 6.92 Å². The minimum atomic E-state index is -0.153. The summed E-state index contributed by atoms with van der Waals surface area (Å²) < 4.78 is 0.979. The van der Waals surface area contributed by atoms with Gasteiger partial charge in [-0.25, -0.2) is 0 Å². The van der Waals surface area contributed by atoms with E-state index >= 15 is 0 Å². The molecule has 0 spiro atoms. The van der Waals surface area contributed by atoms with Gasteiger partial charge in [-0.15, -0.1) is 0 Å². The van der Waals surface area contributed by atoms with Gasteiger partial charge >= 0.3 is 0 Å². The fourth-order valence-corrected chi connectivity index (χ4v) is 1.60. The first kappa shape index (κ1) is 11.8. The quantitative estimate of drug-likeness (QED) is 0.921. The van der Waals surface area contributed by atoms with Crippen LogP contribution in [0, 0.1) is 6.92 Å². The maximum atomic E-state index is 11.8. The topological polar surface area (TPSA) is 42.0 Å². The minimum absolute atomic E-state index is 0.153. The van der Waals surface area contributed by atoms with E-state index in [0.717, 1.165) is 15.9 Å². The molecule has 0 atom stereocenters. The molecule has 0 unspecified atom stereocenters. The first-order valence-electron chi connectivity index (χ1n) is 5.15. The monoisotopic (exact) mass is 290 g/mol. The smallest absolute Gasteiger partial charge is 0.257 e. The van der Waals surface area contributed by atoms with Gasteiger partial charge in [0, 0.05) is 22.1 Å². The van der Waals surface area contributed by atoms with E-state index in [1.165, 1.54) is 0 Å². The number of benzene rings is 1. The first-order valence-corrected chi connectivity index (χ1v) is 5.94. The van der Waals surface area contributed by atoms with E-state index in [4.69, 9.17) is 0 Å². The molecule has 2 rings (SSSR count). The summed E-state index contributed by atoms with van der Waals surface area (Å²) in [7, 11) is 0. The molecule has 1 aromatic heterocycles. The van der Waals surface area contributed by atoms with Crippen molar-refractivity contribution in [3.8, 4) is 0 Å². The number of amides is 1. The lowest BCUT2D eigenvalue weighted by Gasteiger charge is -2.05. The number of aromatic nitrogens is 1. The van der Waals surface area contributed by atoms with Gasteiger partial charge in [0.1, 0.15) is 0 Å². The highest BCUT2D eigenvalue weighted by molar-refractivity contribution is 9.10. The second-order valence-corrected chi connectivity index (χ2v) is 4.56.